The third-order valence-electron chi connectivity index (χ3n) is 5.13. The number of pyridine rings is 1. The molecule has 31 heavy (non-hydrogen) atoms. The molecule has 160 valence electrons. The lowest BCUT2D eigenvalue weighted by Crippen LogP contribution is -2.38. The first-order valence-corrected chi connectivity index (χ1v) is 11.3. The van der Waals surface area contributed by atoms with Crippen LogP contribution in [0.4, 0.5) is 11.6 Å². The molecule has 4 heterocycles. The summed E-state index contributed by atoms with van der Waals surface area (Å²) < 4.78 is 0. The molecule has 1 amide bonds. The average Bonchev–Trinajstić information content (AvgIpc) is 3.17. The van der Waals surface area contributed by atoms with Gasteiger partial charge in [-0.05, 0) is 58.2 Å². The van der Waals surface area contributed by atoms with Gasteiger partial charge in [-0.1, -0.05) is 6.07 Å². The fourth-order valence-electron chi connectivity index (χ4n) is 3.72. The van der Waals surface area contributed by atoms with Gasteiger partial charge >= 0.3 is 0 Å². The maximum atomic E-state index is 13.0. The number of thiazole rings is 1. The van der Waals surface area contributed by atoms with Gasteiger partial charge in [0.15, 0.2) is 5.82 Å². The Morgan fingerprint density at radius 2 is 1.97 bits per heavy atom. The van der Waals surface area contributed by atoms with E-state index in [1.54, 1.807) is 23.5 Å². The second kappa shape index (κ2) is 9.34. The van der Waals surface area contributed by atoms with Crippen LogP contribution in [0.5, 0.6) is 0 Å². The maximum absolute atomic E-state index is 13.0. The highest BCUT2D eigenvalue weighted by molar-refractivity contribution is 7.09. The first kappa shape index (κ1) is 21.1. The van der Waals surface area contributed by atoms with E-state index in [0.29, 0.717) is 18.2 Å². The fraction of sp³-hybridized carbons (Fsp3) is 0.348. The molecular weight excluding hydrogens is 408 g/mol. The van der Waals surface area contributed by atoms with Crippen LogP contribution in [0.25, 0.3) is 6.08 Å². The molecule has 3 aromatic rings. The van der Waals surface area contributed by atoms with E-state index in [4.69, 9.17) is 4.98 Å². The molecule has 1 aliphatic rings. The van der Waals surface area contributed by atoms with Crippen LogP contribution in [0.3, 0.4) is 0 Å². The molecule has 0 aliphatic carbocycles. The second-order valence-corrected chi connectivity index (χ2v) is 8.77. The van der Waals surface area contributed by atoms with Crippen molar-refractivity contribution in [1.82, 2.24) is 24.8 Å². The highest BCUT2D eigenvalue weighted by Gasteiger charge is 2.29. The van der Waals surface area contributed by atoms with Gasteiger partial charge in [0.25, 0.3) is 0 Å². The smallest absolute Gasteiger partial charge is 0.247 e. The second-order valence-electron chi connectivity index (χ2n) is 7.71. The number of amides is 1. The van der Waals surface area contributed by atoms with Crippen LogP contribution in [0.1, 0.15) is 53.2 Å². The van der Waals surface area contributed by atoms with Gasteiger partial charge in [0, 0.05) is 35.5 Å². The van der Waals surface area contributed by atoms with Crippen molar-refractivity contribution < 1.29 is 4.79 Å². The van der Waals surface area contributed by atoms with Gasteiger partial charge in [0.05, 0.1) is 16.7 Å². The number of anilines is 2. The molecule has 1 N–H and O–H groups in total. The standard InChI is InChI=1S/C23H26N6OS/c1-15-7-6-9-20(24-15)27-21-13-16(2)25-23(28-21)19-8-4-5-12-29(19)22(30)11-10-18-14-31-17(3)26-18/h6-7,9-11,13-14,19H,4-5,8,12H2,1-3H3,(H,24,25,27,28)/b11-10+. The van der Waals surface area contributed by atoms with Crippen LogP contribution in [0.2, 0.25) is 0 Å². The van der Waals surface area contributed by atoms with Crippen LogP contribution < -0.4 is 5.32 Å². The molecule has 3 aromatic heterocycles. The van der Waals surface area contributed by atoms with E-state index in [2.05, 4.69) is 20.3 Å². The molecule has 1 fully saturated rings. The molecule has 0 bridgehead atoms. The van der Waals surface area contributed by atoms with Crippen molar-refractivity contribution in [1.29, 1.82) is 0 Å². The van der Waals surface area contributed by atoms with Crippen LogP contribution in [0.15, 0.2) is 35.7 Å². The number of hydrogen-bond acceptors (Lipinski definition) is 7. The van der Waals surface area contributed by atoms with Crippen molar-refractivity contribution in [2.24, 2.45) is 0 Å². The Morgan fingerprint density at radius 3 is 2.74 bits per heavy atom. The summed E-state index contributed by atoms with van der Waals surface area (Å²) in [6, 6.07) is 7.57. The van der Waals surface area contributed by atoms with Gasteiger partial charge in [0.2, 0.25) is 5.91 Å². The lowest BCUT2D eigenvalue weighted by Gasteiger charge is -2.34. The van der Waals surface area contributed by atoms with Gasteiger partial charge in [-0.25, -0.2) is 19.9 Å². The molecule has 0 saturated carbocycles. The van der Waals surface area contributed by atoms with Crippen LogP contribution in [0, 0.1) is 20.8 Å². The normalized spacial score (nSPS) is 16.6. The predicted molar refractivity (Wildman–Crippen MR) is 123 cm³/mol. The lowest BCUT2D eigenvalue weighted by molar-refractivity contribution is -0.129. The molecule has 1 saturated heterocycles. The average molecular weight is 435 g/mol. The summed E-state index contributed by atoms with van der Waals surface area (Å²) in [6.07, 6.45) is 6.27. The Bertz CT molecular complexity index is 1110. The fourth-order valence-corrected chi connectivity index (χ4v) is 4.30. The van der Waals surface area contributed by atoms with Crippen molar-refractivity contribution in [2.75, 3.05) is 11.9 Å². The van der Waals surface area contributed by atoms with Crippen LogP contribution >= 0.6 is 11.3 Å². The number of nitrogens with one attached hydrogen (secondary N) is 1. The number of piperidine rings is 1. The van der Waals surface area contributed by atoms with Gasteiger partial charge < -0.3 is 10.2 Å². The molecular formula is C23H26N6OS. The van der Waals surface area contributed by atoms with Gasteiger partial charge in [-0.15, -0.1) is 11.3 Å². The first-order valence-electron chi connectivity index (χ1n) is 10.4. The Labute approximate surface area is 186 Å². The number of carbonyl (C=O) groups excluding carboxylic acids is 1. The minimum atomic E-state index is -0.144. The zero-order valence-electron chi connectivity index (χ0n) is 18.0. The number of nitrogens with zero attached hydrogens (tertiary/aromatic N) is 5. The minimum absolute atomic E-state index is 0.0321. The summed E-state index contributed by atoms with van der Waals surface area (Å²) in [7, 11) is 0. The van der Waals surface area contributed by atoms with Crippen molar-refractivity contribution in [2.45, 2.75) is 46.1 Å². The molecule has 7 nitrogen and oxygen atoms in total. The van der Waals surface area contributed by atoms with Gasteiger partial charge in [-0.2, -0.15) is 0 Å². The van der Waals surface area contributed by atoms with Crippen molar-refractivity contribution in [3.05, 3.63) is 63.6 Å². The van der Waals surface area contributed by atoms with Gasteiger partial charge in [0.1, 0.15) is 11.6 Å². The summed E-state index contributed by atoms with van der Waals surface area (Å²) in [5.41, 5.74) is 2.60. The van der Waals surface area contributed by atoms with Crippen LogP contribution in [-0.4, -0.2) is 37.3 Å². The Kier molecular flexibility index (Phi) is 6.36. The van der Waals surface area contributed by atoms with E-state index in [1.165, 1.54) is 0 Å². The van der Waals surface area contributed by atoms with Crippen molar-refractivity contribution in [3.8, 4) is 0 Å². The van der Waals surface area contributed by atoms with E-state index >= 15 is 0 Å². The summed E-state index contributed by atoms with van der Waals surface area (Å²) in [4.78, 5) is 33.2. The molecule has 0 aromatic carbocycles. The zero-order valence-corrected chi connectivity index (χ0v) is 18.8. The molecule has 1 aliphatic heterocycles. The summed E-state index contributed by atoms with van der Waals surface area (Å²) >= 11 is 1.57. The Hall–Kier alpha value is -3.13. The highest BCUT2D eigenvalue weighted by Crippen LogP contribution is 2.30. The number of carbonyl (C=O) groups is 1. The molecule has 8 heteroatoms. The molecule has 1 unspecified atom stereocenters. The number of aromatic nitrogens is 4. The largest absolute Gasteiger partial charge is 0.329 e. The van der Waals surface area contributed by atoms with E-state index in [1.807, 2.05) is 55.3 Å². The third kappa shape index (κ3) is 5.32. The van der Waals surface area contributed by atoms with Crippen molar-refractivity contribution in [3.63, 3.8) is 0 Å². The van der Waals surface area contributed by atoms with Gasteiger partial charge in [-0.3, -0.25) is 4.79 Å². The molecule has 0 radical (unpaired) electrons. The summed E-state index contributed by atoms with van der Waals surface area (Å²) in [5, 5.41) is 6.21. The number of likely N-dealkylation sites (tertiary alicyclic amines) is 1. The van der Waals surface area contributed by atoms with E-state index in [0.717, 1.165) is 47.2 Å². The van der Waals surface area contributed by atoms with E-state index in [9.17, 15) is 4.79 Å². The van der Waals surface area contributed by atoms with E-state index in [-0.39, 0.29) is 11.9 Å². The topological polar surface area (TPSA) is 83.9 Å². The third-order valence-corrected chi connectivity index (χ3v) is 5.93. The summed E-state index contributed by atoms with van der Waals surface area (Å²) in [5.74, 6) is 2.06. The molecule has 0 spiro atoms. The Balaban J connectivity index is 1.56. The van der Waals surface area contributed by atoms with Crippen molar-refractivity contribution >= 4 is 35.0 Å². The zero-order chi connectivity index (χ0) is 21.8. The number of rotatable bonds is 5. The Morgan fingerprint density at radius 1 is 1.10 bits per heavy atom. The van der Waals surface area contributed by atoms with Crippen LogP contribution in [-0.2, 0) is 4.79 Å². The summed E-state index contributed by atoms with van der Waals surface area (Å²) in [6.45, 7) is 6.55. The molecule has 1 atom stereocenters. The number of aryl methyl sites for hydroxylation is 3. The van der Waals surface area contributed by atoms with E-state index < -0.39 is 0 Å². The highest BCUT2D eigenvalue weighted by atomic mass is 32.1. The quantitative estimate of drug-likeness (QED) is 0.583. The molecule has 4 rings (SSSR count). The minimum Gasteiger partial charge on any atom is -0.329 e. The SMILES string of the molecule is Cc1cccc(Nc2cc(C)nc(C3CCCCN3C(=O)/C=C/c3csc(C)n3)n2)n1. The first-order chi connectivity index (χ1) is 15.0. The lowest BCUT2D eigenvalue weighted by atomic mass is 10.0. The monoisotopic (exact) mass is 434 g/mol. The maximum Gasteiger partial charge on any atom is 0.247 e. The number of hydrogen-bond donors (Lipinski definition) is 1. The predicted octanol–water partition coefficient (Wildman–Crippen LogP) is 4.76.